The molecule has 98 valence electrons. The van der Waals surface area contributed by atoms with Crippen LogP contribution in [0.2, 0.25) is 0 Å². The lowest BCUT2D eigenvalue weighted by atomic mass is 9.88. The van der Waals surface area contributed by atoms with Crippen molar-refractivity contribution in [2.45, 2.75) is 26.7 Å². The number of nitrogens with one attached hydrogen (secondary N) is 2. The van der Waals surface area contributed by atoms with Crippen molar-refractivity contribution in [3.8, 4) is 0 Å². The van der Waals surface area contributed by atoms with Crippen molar-refractivity contribution in [3.63, 3.8) is 0 Å². The summed E-state index contributed by atoms with van der Waals surface area (Å²) in [4.78, 5) is 12.3. The van der Waals surface area contributed by atoms with Crippen LogP contribution in [0.25, 0.3) is 0 Å². The molecule has 1 saturated heterocycles. The van der Waals surface area contributed by atoms with Crippen molar-refractivity contribution in [1.82, 2.24) is 5.32 Å². The van der Waals surface area contributed by atoms with Gasteiger partial charge in [0, 0.05) is 16.7 Å². The Morgan fingerprint density at radius 2 is 2.33 bits per heavy atom. The van der Waals surface area contributed by atoms with Crippen molar-refractivity contribution in [1.29, 1.82) is 0 Å². The maximum absolute atomic E-state index is 12.3. The van der Waals surface area contributed by atoms with Gasteiger partial charge >= 0.3 is 0 Å². The highest BCUT2D eigenvalue weighted by Crippen LogP contribution is 2.28. The molecule has 1 unspecified atom stereocenters. The lowest BCUT2D eigenvalue weighted by molar-refractivity contribution is -0.123. The Morgan fingerprint density at radius 1 is 1.56 bits per heavy atom. The molecular weight excluding hydrogens is 292 g/mol. The van der Waals surface area contributed by atoms with Crippen LogP contribution in [0.4, 0.5) is 5.69 Å². The van der Waals surface area contributed by atoms with Crippen molar-refractivity contribution in [2.24, 2.45) is 5.41 Å². The second-order valence-corrected chi connectivity index (χ2v) is 6.01. The third-order valence-corrected chi connectivity index (χ3v) is 4.11. The van der Waals surface area contributed by atoms with E-state index in [0.717, 1.165) is 41.7 Å². The molecule has 1 aromatic rings. The van der Waals surface area contributed by atoms with Crippen molar-refractivity contribution >= 4 is 27.5 Å². The van der Waals surface area contributed by atoms with E-state index in [1.165, 1.54) is 0 Å². The predicted octanol–water partition coefficient (Wildman–Crippen LogP) is 2.95. The Balaban J connectivity index is 2.16. The highest BCUT2D eigenvalue weighted by Gasteiger charge is 2.36. The Labute approximate surface area is 116 Å². The summed E-state index contributed by atoms with van der Waals surface area (Å²) in [6.45, 7) is 5.80. The van der Waals surface area contributed by atoms with Gasteiger partial charge in [-0.05, 0) is 50.1 Å². The van der Waals surface area contributed by atoms with Gasteiger partial charge in [0.15, 0.2) is 0 Å². The maximum Gasteiger partial charge on any atom is 0.231 e. The Kier molecular flexibility index (Phi) is 4.07. The van der Waals surface area contributed by atoms with Gasteiger partial charge in [0.25, 0.3) is 0 Å². The average Bonchev–Trinajstić information content (AvgIpc) is 2.79. The highest BCUT2D eigenvalue weighted by molar-refractivity contribution is 9.10. The van der Waals surface area contributed by atoms with E-state index in [4.69, 9.17) is 0 Å². The first kappa shape index (κ1) is 13.6. The molecule has 1 atom stereocenters. The van der Waals surface area contributed by atoms with E-state index in [1.807, 2.05) is 19.1 Å². The van der Waals surface area contributed by atoms with Crippen LogP contribution in [-0.4, -0.2) is 19.0 Å². The number of anilines is 1. The molecule has 0 radical (unpaired) electrons. The quantitative estimate of drug-likeness (QED) is 0.901. The van der Waals surface area contributed by atoms with E-state index in [-0.39, 0.29) is 11.3 Å². The zero-order chi connectivity index (χ0) is 13.2. The van der Waals surface area contributed by atoms with E-state index < -0.39 is 0 Å². The van der Waals surface area contributed by atoms with Crippen LogP contribution >= 0.6 is 15.9 Å². The second-order valence-electron chi connectivity index (χ2n) is 5.10. The van der Waals surface area contributed by atoms with Crippen LogP contribution in [0, 0.1) is 5.41 Å². The van der Waals surface area contributed by atoms with Gasteiger partial charge in [0.2, 0.25) is 5.91 Å². The van der Waals surface area contributed by atoms with E-state index >= 15 is 0 Å². The first-order valence-electron chi connectivity index (χ1n) is 6.36. The van der Waals surface area contributed by atoms with Crippen LogP contribution in [0.15, 0.2) is 22.7 Å². The molecule has 0 aromatic heterocycles. The van der Waals surface area contributed by atoms with Crippen LogP contribution in [-0.2, 0) is 11.2 Å². The standard InChI is InChI=1S/C14H19BrN2O/c1-3-10-8-11(15)4-5-12(10)17-13(18)14(2)6-7-16-9-14/h4-5,8,16H,3,6-7,9H2,1-2H3,(H,17,18). The van der Waals surface area contributed by atoms with Gasteiger partial charge in [-0.1, -0.05) is 22.9 Å². The molecule has 1 heterocycles. The minimum absolute atomic E-state index is 0.115. The third kappa shape index (κ3) is 2.75. The molecule has 1 amide bonds. The number of carbonyl (C=O) groups excluding carboxylic acids is 1. The molecule has 4 heteroatoms. The van der Waals surface area contributed by atoms with Gasteiger partial charge < -0.3 is 10.6 Å². The van der Waals surface area contributed by atoms with Gasteiger partial charge in [-0.3, -0.25) is 4.79 Å². The Bertz CT molecular complexity index is 453. The third-order valence-electron chi connectivity index (χ3n) is 3.61. The minimum Gasteiger partial charge on any atom is -0.325 e. The monoisotopic (exact) mass is 310 g/mol. The molecule has 1 aliphatic heterocycles. The molecule has 18 heavy (non-hydrogen) atoms. The first-order chi connectivity index (χ1) is 8.55. The Morgan fingerprint density at radius 3 is 2.94 bits per heavy atom. The lowest BCUT2D eigenvalue weighted by Gasteiger charge is -2.22. The number of hydrogen-bond donors (Lipinski definition) is 2. The molecule has 1 aromatic carbocycles. The molecule has 1 aliphatic rings. The molecule has 0 saturated carbocycles. The summed E-state index contributed by atoms with van der Waals surface area (Å²) in [7, 11) is 0. The van der Waals surface area contributed by atoms with E-state index in [1.54, 1.807) is 0 Å². The highest BCUT2D eigenvalue weighted by atomic mass is 79.9. The second kappa shape index (κ2) is 5.41. The maximum atomic E-state index is 12.3. The number of benzene rings is 1. The fourth-order valence-electron chi connectivity index (χ4n) is 2.26. The fourth-order valence-corrected chi connectivity index (χ4v) is 2.67. The molecule has 0 bridgehead atoms. The van der Waals surface area contributed by atoms with Crippen LogP contribution < -0.4 is 10.6 Å². The fraction of sp³-hybridized carbons (Fsp3) is 0.500. The minimum atomic E-state index is -0.280. The largest absolute Gasteiger partial charge is 0.325 e. The number of carbonyl (C=O) groups is 1. The molecule has 1 fully saturated rings. The van der Waals surface area contributed by atoms with Crippen molar-refractivity contribution in [3.05, 3.63) is 28.2 Å². The van der Waals surface area contributed by atoms with E-state index in [9.17, 15) is 4.79 Å². The molecule has 2 N–H and O–H groups in total. The number of hydrogen-bond acceptors (Lipinski definition) is 2. The summed E-state index contributed by atoms with van der Waals surface area (Å²) in [5.41, 5.74) is 1.81. The summed E-state index contributed by atoms with van der Waals surface area (Å²) in [6, 6.07) is 5.99. The smallest absolute Gasteiger partial charge is 0.231 e. The molecule has 0 spiro atoms. The summed E-state index contributed by atoms with van der Waals surface area (Å²) in [6.07, 6.45) is 1.81. The van der Waals surface area contributed by atoms with E-state index in [2.05, 4.69) is 39.6 Å². The molecule has 2 rings (SSSR count). The summed E-state index contributed by atoms with van der Waals surface area (Å²) < 4.78 is 1.05. The Hall–Kier alpha value is -0.870. The molecular formula is C14H19BrN2O. The normalized spacial score (nSPS) is 23.1. The van der Waals surface area contributed by atoms with E-state index in [0.29, 0.717) is 0 Å². The van der Waals surface area contributed by atoms with Gasteiger partial charge in [0.05, 0.1) is 5.41 Å². The molecule has 3 nitrogen and oxygen atoms in total. The van der Waals surface area contributed by atoms with Gasteiger partial charge in [-0.25, -0.2) is 0 Å². The zero-order valence-corrected chi connectivity index (χ0v) is 12.4. The summed E-state index contributed by atoms with van der Waals surface area (Å²) in [5.74, 6) is 0.115. The molecule has 0 aliphatic carbocycles. The average molecular weight is 311 g/mol. The zero-order valence-electron chi connectivity index (χ0n) is 10.8. The van der Waals surface area contributed by atoms with Gasteiger partial charge in [-0.15, -0.1) is 0 Å². The number of rotatable bonds is 3. The van der Waals surface area contributed by atoms with Crippen LogP contribution in [0.5, 0.6) is 0 Å². The van der Waals surface area contributed by atoms with Crippen molar-refractivity contribution in [2.75, 3.05) is 18.4 Å². The van der Waals surface area contributed by atoms with Crippen LogP contribution in [0.3, 0.4) is 0 Å². The predicted molar refractivity (Wildman–Crippen MR) is 77.7 cm³/mol. The first-order valence-corrected chi connectivity index (χ1v) is 7.15. The van der Waals surface area contributed by atoms with Crippen LogP contribution in [0.1, 0.15) is 25.8 Å². The lowest BCUT2D eigenvalue weighted by Crippen LogP contribution is -2.35. The summed E-state index contributed by atoms with van der Waals surface area (Å²) in [5, 5.41) is 6.32. The van der Waals surface area contributed by atoms with Crippen molar-refractivity contribution < 1.29 is 4.79 Å². The topological polar surface area (TPSA) is 41.1 Å². The van der Waals surface area contributed by atoms with Gasteiger partial charge in [-0.2, -0.15) is 0 Å². The SMILES string of the molecule is CCc1cc(Br)ccc1NC(=O)C1(C)CCNC1. The van der Waals surface area contributed by atoms with Gasteiger partial charge in [0.1, 0.15) is 0 Å². The number of amides is 1. The summed E-state index contributed by atoms with van der Waals surface area (Å²) >= 11 is 3.46. The number of halogens is 1. The number of aryl methyl sites for hydroxylation is 1.